The lowest BCUT2D eigenvalue weighted by Crippen LogP contribution is -2.22. The first-order valence-electron chi connectivity index (χ1n) is 8.98. The van der Waals surface area contributed by atoms with Crippen LogP contribution in [0, 0.1) is 26.2 Å². The Labute approximate surface area is 173 Å². The molecule has 0 heterocycles. The molecule has 0 aliphatic carbocycles. The fourth-order valence-corrected chi connectivity index (χ4v) is 3.52. The third kappa shape index (κ3) is 5.64. The van der Waals surface area contributed by atoms with Crippen LogP contribution in [0.25, 0.3) is 0 Å². The van der Waals surface area contributed by atoms with Crippen LogP contribution >= 0.6 is 11.8 Å². The van der Waals surface area contributed by atoms with E-state index >= 15 is 0 Å². The molecule has 0 aliphatic rings. The van der Waals surface area contributed by atoms with E-state index in [0.29, 0.717) is 4.91 Å². The molecule has 0 amide bonds. The Bertz CT molecular complexity index is 888. The second-order valence-electron chi connectivity index (χ2n) is 6.44. The maximum Gasteiger partial charge on any atom is 0.170 e. The summed E-state index contributed by atoms with van der Waals surface area (Å²) in [5, 5.41) is 19.0. The lowest BCUT2D eigenvalue weighted by atomic mass is 10.0. The maximum atomic E-state index is 10.2. The summed E-state index contributed by atoms with van der Waals surface area (Å²) < 4.78 is 0. The number of anilines is 1. The van der Waals surface area contributed by atoms with Gasteiger partial charge in [0.15, 0.2) is 5.17 Å². The van der Waals surface area contributed by atoms with Gasteiger partial charge in [0.1, 0.15) is 5.76 Å². The van der Waals surface area contributed by atoms with Crippen molar-refractivity contribution < 1.29 is 5.11 Å². The van der Waals surface area contributed by atoms with Crippen LogP contribution in [-0.2, 0) is 0 Å². The van der Waals surface area contributed by atoms with E-state index in [2.05, 4.69) is 32.7 Å². The molecule has 0 spiro atoms. The van der Waals surface area contributed by atoms with Gasteiger partial charge in [-0.15, -0.1) is 0 Å². The van der Waals surface area contributed by atoms with Gasteiger partial charge in [0.2, 0.25) is 0 Å². The van der Waals surface area contributed by atoms with E-state index in [4.69, 9.17) is 5.41 Å². The first-order valence-corrected chi connectivity index (χ1v) is 9.80. The van der Waals surface area contributed by atoms with Crippen LogP contribution in [0.3, 0.4) is 0 Å². The molecule has 0 unspecified atom stereocenters. The van der Waals surface area contributed by atoms with Crippen molar-refractivity contribution in [1.29, 1.82) is 5.41 Å². The number of hydrogen-bond acceptors (Lipinski definition) is 3. The van der Waals surface area contributed by atoms with Crippen molar-refractivity contribution in [2.75, 3.05) is 4.90 Å². The van der Waals surface area contributed by atoms with Crippen molar-refractivity contribution in [1.82, 2.24) is 0 Å². The number of benzene rings is 1. The van der Waals surface area contributed by atoms with Gasteiger partial charge in [-0.25, -0.2) is 0 Å². The van der Waals surface area contributed by atoms with Gasteiger partial charge in [0.05, 0.1) is 10.6 Å². The average molecular weight is 395 g/mol. The molecule has 0 fully saturated rings. The third-order valence-corrected chi connectivity index (χ3v) is 5.53. The summed E-state index contributed by atoms with van der Waals surface area (Å²) in [6.45, 7) is 21.3. The number of aryl methyl sites for hydroxylation is 3. The lowest BCUT2D eigenvalue weighted by molar-refractivity contribution is 0.432. The van der Waals surface area contributed by atoms with Crippen LogP contribution in [0.4, 0.5) is 5.69 Å². The smallest absolute Gasteiger partial charge is 0.170 e. The van der Waals surface area contributed by atoms with E-state index in [9.17, 15) is 5.11 Å². The van der Waals surface area contributed by atoms with E-state index in [0.717, 1.165) is 39.7 Å². The number of aliphatic hydroxyl groups is 1. The normalized spacial score (nSPS) is 12.5. The topological polar surface area (TPSA) is 47.3 Å². The zero-order valence-corrected chi connectivity index (χ0v) is 18.3. The van der Waals surface area contributed by atoms with Crippen LogP contribution < -0.4 is 4.90 Å². The van der Waals surface area contributed by atoms with Gasteiger partial charge in [-0.1, -0.05) is 50.1 Å². The Kier molecular flexibility index (Phi) is 8.80. The summed E-state index contributed by atoms with van der Waals surface area (Å²) in [4.78, 5) is 2.24. The van der Waals surface area contributed by atoms with E-state index in [-0.39, 0.29) is 10.9 Å². The highest BCUT2D eigenvalue weighted by Gasteiger charge is 2.18. The first kappa shape index (κ1) is 23.3. The fraction of sp³-hybridized carbons (Fsp3) is 0.208. The van der Waals surface area contributed by atoms with Gasteiger partial charge in [-0.05, 0) is 80.3 Å². The van der Waals surface area contributed by atoms with Crippen LogP contribution in [0.5, 0.6) is 0 Å². The quantitative estimate of drug-likeness (QED) is 0.221. The maximum absolute atomic E-state index is 10.2. The largest absolute Gasteiger partial charge is 0.507 e. The Balaban J connectivity index is 3.37. The number of aliphatic hydroxyl groups excluding tert-OH is 1. The molecule has 4 heteroatoms. The lowest BCUT2D eigenvalue weighted by Gasteiger charge is -2.24. The minimum absolute atomic E-state index is 0.0821. The van der Waals surface area contributed by atoms with Crippen molar-refractivity contribution in [2.45, 2.75) is 34.6 Å². The van der Waals surface area contributed by atoms with Crippen molar-refractivity contribution in [3.63, 3.8) is 0 Å². The van der Waals surface area contributed by atoms with Gasteiger partial charge in [0.25, 0.3) is 0 Å². The highest BCUT2D eigenvalue weighted by Crippen LogP contribution is 2.34. The van der Waals surface area contributed by atoms with Crippen LogP contribution in [0.15, 0.2) is 84.2 Å². The number of rotatable bonds is 7. The molecule has 0 atom stereocenters. The number of nitrogens with one attached hydrogen (secondary N) is 1. The molecule has 2 N–H and O–H groups in total. The average Bonchev–Trinajstić information content (AvgIpc) is 2.64. The van der Waals surface area contributed by atoms with E-state index < -0.39 is 0 Å². The molecule has 0 aliphatic heterocycles. The highest BCUT2D eigenvalue weighted by molar-refractivity contribution is 8.17. The summed E-state index contributed by atoms with van der Waals surface area (Å²) in [7, 11) is 0. The summed E-state index contributed by atoms with van der Waals surface area (Å²) in [6, 6.07) is 4.15. The zero-order valence-electron chi connectivity index (χ0n) is 17.5. The van der Waals surface area contributed by atoms with Crippen molar-refractivity contribution in [3.8, 4) is 0 Å². The van der Waals surface area contributed by atoms with Crippen molar-refractivity contribution in [2.24, 2.45) is 0 Å². The number of amidine groups is 1. The molecular weight excluding hydrogens is 364 g/mol. The molecular formula is C24H30N2OS. The predicted octanol–water partition coefficient (Wildman–Crippen LogP) is 7.26. The number of thioether (sulfide) groups is 1. The third-order valence-electron chi connectivity index (χ3n) is 4.40. The van der Waals surface area contributed by atoms with Gasteiger partial charge in [-0.3, -0.25) is 10.3 Å². The summed E-state index contributed by atoms with van der Waals surface area (Å²) in [5.74, 6) is -0.0821. The van der Waals surface area contributed by atoms with Crippen LogP contribution in [-0.4, -0.2) is 10.3 Å². The standard InChI is InChI=1S/C24H30N2OS/c1-9-12-13-21(10-2)19(7)23(20(8)27)28-24(25)26(11-3)22-15-17(5)16(4)14-18(22)6/h9-15,25,27H,2-3,8H2,1,4-7H3/b12-9-,21-13+,23-19+,25-24?. The fourth-order valence-electron chi connectivity index (χ4n) is 2.67. The minimum atomic E-state index is -0.0821. The van der Waals surface area contributed by atoms with Crippen LogP contribution in [0.2, 0.25) is 0 Å². The van der Waals surface area contributed by atoms with Gasteiger partial charge in [0, 0.05) is 6.20 Å². The Morgan fingerprint density at radius 2 is 1.75 bits per heavy atom. The predicted molar refractivity (Wildman–Crippen MR) is 126 cm³/mol. The van der Waals surface area contributed by atoms with Gasteiger partial charge >= 0.3 is 0 Å². The molecule has 0 bridgehead atoms. The van der Waals surface area contributed by atoms with E-state index in [1.165, 1.54) is 5.56 Å². The Morgan fingerprint density at radius 1 is 1.14 bits per heavy atom. The van der Waals surface area contributed by atoms with Crippen LogP contribution in [0.1, 0.15) is 30.5 Å². The summed E-state index contributed by atoms with van der Waals surface area (Å²) in [5.41, 5.74) is 5.95. The highest BCUT2D eigenvalue weighted by atomic mass is 32.2. The Hall–Kier alpha value is -2.72. The SMILES string of the molecule is C=CC(=C\C=C/C)/C(C)=C(/SC(=N)N(C=C)c1cc(C)c(C)cc1C)C(=C)O. The molecule has 1 aromatic carbocycles. The van der Waals surface area contributed by atoms with E-state index in [1.54, 1.807) is 17.2 Å². The van der Waals surface area contributed by atoms with Crippen molar-refractivity contribution >= 4 is 22.6 Å². The molecule has 0 saturated heterocycles. The van der Waals surface area contributed by atoms with Crippen molar-refractivity contribution in [3.05, 3.63) is 101 Å². The zero-order chi connectivity index (χ0) is 21.4. The number of nitrogens with zero attached hydrogens (tertiary/aromatic N) is 1. The number of allylic oxidation sites excluding steroid dienone is 6. The molecule has 0 radical (unpaired) electrons. The van der Waals surface area contributed by atoms with Gasteiger partial charge in [-0.2, -0.15) is 0 Å². The Morgan fingerprint density at radius 3 is 2.25 bits per heavy atom. The van der Waals surface area contributed by atoms with Gasteiger partial charge < -0.3 is 5.11 Å². The first-order chi connectivity index (χ1) is 13.2. The number of hydrogen-bond donors (Lipinski definition) is 2. The molecule has 0 aromatic heterocycles. The van der Waals surface area contributed by atoms with E-state index in [1.807, 2.05) is 52.0 Å². The molecule has 1 rings (SSSR count). The molecule has 148 valence electrons. The molecule has 3 nitrogen and oxygen atoms in total. The summed E-state index contributed by atoms with van der Waals surface area (Å²) >= 11 is 1.14. The minimum Gasteiger partial charge on any atom is -0.507 e. The molecule has 28 heavy (non-hydrogen) atoms. The molecule has 0 saturated carbocycles. The second kappa shape index (κ2) is 10.6. The molecule has 1 aromatic rings. The monoisotopic (exact) mass is 394 g/mol. The summed E-state index contributed by atoms with van der Waals surface area (Å²) in [6.07, 6.45) is 9.07. The second-order valence-corrected chi connectivity index (χ2v) is 7.43.